The average Bonchev–Trinajstić information content (AvgIpc) is 3.16. The van der Waals surface area contributed by atoms with Crippen molar-refractivity contribution in [1.29, 1.82) is 0 Å². The summed E-state index contributed by atoms with van der Waals surface area (Å²) < 4.78 is 12.3. The van der Waals surface area contributed by atoms with Gasteiger partial charge in [-0.3, -0.25) is 0 Å². The van der Waals surface area contributed by atoms with Gasteiger partial charge in [0.2, 0.25) is 5.89 Å². The molecule has 0 amide bonds. The third kappa shape index (κ3) is 2.90. The molecule has 2 aromatic carbocycles. The summed E-state index contributed by atoms with van der Waals surface area (Å²) in [6.07, 6.45) is 3.14. The molecule has 0 atom stereocenters. The number of hydrogen-bond acceptors (Lipinski definition) is 4. The molecule has 0 aliphatic carbocycles. The fourth-order valence-electron chi connectivity index (χ4n) is 2.47. The SMILES string of the molecule is Brc1ccc2ccc(-c3ncco3)nc2c1OCc1ccccc1. The minimum absolute atomic E-state index is 0.476. The van der Waals surface area contributed by atoms with Crippen LogP contribution < -0.4 is 4.74 Å². The maximum Gasteiger partial charge on any atom is 0.245 e. The summed E-state index contributed by atoms with van der Waals surface area (Å²) in [5.74, 6) is 1.20. The van der Waals surface area contributed by atoms with Gasteiger partial charge in [-0.2, -0.15) is 0 Å². The lowest BCUT2D eigenvalue weighted by Crippen LogP contribution is -1.98. The average molecular weight is 381 g/mol. The second-order valence-electron chi connectivity index (χ2n) is 5.26. The number of hydrogen-bond donors (Lipinski definition) is 0. The van der Waals surface area contributed by atoms with Crippen molar-refractivity contribution < 1.29 is 9.15 Å². The van der Waals surface area contributed by atoms with Crippen molar-refractivity contribution in [3.8, 4) is 17.3 Å². The van der Waals surface area contributed by atoms with Crippen LogP contribution in [0, 0.1) is 0 Å². The van der Waals surface area contributed by atoms with Crippen molar-refractivity contribution in [1.82, 2.24) is 9.97 Å². The monoisotopic (exact) mass is 380 g/mol. The van der Waals surface area contributed by atoms with Crippen LogP contribution in [0.1, 0.15) is 5.56 Å². The number of nitrogens with zero attached hydrogens (tertiary/aromatic N) is 2. The summed E-state index contributed by atoms with van der Waals surface area (Å²) >= 11 is 3.56. The topological polar surface area (TPSA) is 48.2 Å². The fraction of sp³-hybridized carbons (Fsp3) is 0.0526. The number of benzene rings is 2. The highest BCUT2D eigenvalue weighted by molar-refractivity contribution is 9.10. The van der Waals surface area contributed by atoms with E-state index >= 15 is 0 Å². The Hall–Kier alpha value is -2.66. The van der Waals surface area contributed by atoms with Crippen LogP contribution >= 0.6 is 15.9 Å². The van der Waals surface area contributed by atoms with E-state index in [1.165, 1.54) is 6.26 Å². The minimum Gasteiger partial charge on any atom is -0.485 e. The van der Waals surface area contributed by atoms with Gasteiger partial charge in [0.05, 0.1) is 10.7 Å². The van der Waals surface area contributed by atoms with Gasteiger partial charge in [0.15, 0.2) is 5.75 Å². The van der Waals surface area contributed by atoms with Crippen molar-refractivity contribution in [2.75, 3.05) is 0 Å². The Morgan fingerprint density at radius 2 is 1.83 bits per heavy atom. The molecule has 0 saturated carbocycles. The predicted molar refractivity (Wildman–Crippen MR) is 95.7 cm³/mol. The van der Waals surface area contributed by atoms with Crippen molar-refractivity contribution in [2.24, 2.45) is 0 Å². The van der Waals surface area contributed by atoms with E-state index in [4.69, 9.17) is 9.15 Å². The molecule has 0 spiro atoms. The Balaban J connectivity index is 1.75. The van der Waals surface area contributed by atoms with Crippen LogP contribution in [0.15, 0.2) is 75.9 Å². The molecule has 0 fully saturated rings. The molecule has 0 radical (unpaired) electrons. The van der Waals surface area contributed by atoms with Crippen LogP contribution in [0.4, 0.5) is 0 Å². The van der Waals surface area contributed by atoms with Crippen molar-refractivity contribution >= 4 is 26.8 Å². The number of fused-ring (bicyclic) bond motifs is 1. The molecule has 0 saturated heterocycles. The summed E-state index contributed by atoms with van der Waals surface area (Å²) in [7, 11) is 0. The highest BCUT2D eigenvalue weighted by Gasteiger charge is 2.12. The zero-order valence-corrected chi connectivity index (χ0v) is 14.2. The van der Waals surface area contributed by atoms with Gasteiger partial charge in [-0.15, -0.1) is 0 Å². The van der Waals surface area contributed by atoms with Gasteiger partial charge in [-0.05, 0) is 33.6 Å². The van der Waals surface area contributed by atoms with E-state index in [0.717, 1.165) is 20.9 Å². The second-order valence-corrected chi connectivity index (χ2v) is 6.11. The van der Waals surface area contributed by atoms with Crippen LogP contribution in [0.2, 0.25) is 0 Å². The molecule has 4 aromatic rings. The molecule has 4 nitrogen and oxygen atoms in total. The molecular formula is C19H13BrN2O2. The van der Waals surface area contributed by atoms with Gasteiger partial charge in [0.25, 0.3) is 0 Å². The van der Waals surface area contributed by atoms with E-state index in [1.807, 2.05) is 54.6 Å². The molecule has 2 aromatic heterocycles. The normalized spacial score (nSPS) is 10.9. The Morgan fingerprint density at radius 1 is 1.00 bits per heavy atom. The van der Waals surface area contributed by atoms with E-state index in [-0.39, 0.29) is 0 Å². The lowest BCUT2D eigenvalue weighted by atomic mass is 10.2. The summed E-state index contributed by atoms with van der Waals surface area (Å²) in [6.45, 7) is 0.476. The molecule has 0 bridgehead atoms. The van der Waals surface area contributed by atoms with E-state index in [9.17, 15) is 0 Å². The summed E-state index contributed by atoms with van der Waals surface area (Å²) in [5.41, 5.74) is 2.55. The molecule has 0 aliphatic rings. The van der Waals surface area contributed by atoms with E-state index in [0.29, 0.717) is 23.9 Å². The number of oxazole rings is 1. The van der Waals surface area contributed by atoms with Crippen LogP contribution in [-0.4, -0.2) is 9.97 Å². The lowest BCUT2D eigenvalue weighted by molar-refractivity contribution is 0.307. The Morgan fingerprint density at radius 3 is 2.62 bits per heavy atom. The first-order valence-electron chi connectivity index (χ1n) is 7.47. The molecule has 118 valence electrons. The van der Waals surface area contributed by atoms with E-state index in [1.54, 1.807) is 6.20 Å². The maximum absolute atomic E-state index is 6.05. The predicted octanol–water partition coefficient (Wildman–Crippen LogP) is 5.23. The largest absolute Gasteiger partial charge is 0.485 e. The van der Waals surface area contributed by atoms with Gasteiger partial charge < -0.3 is 9.15 Å². The lowest BCUT2D eigenvalue weighted by Gasteiger charge is -2.11. The molecule has 2 heterocycles. The van der Waals surface area contributed by atoms with Gasteiger partial charge in [-0.1, -0.05) is 42.5 Å². The van der Waals surface area contributed by atoms with Crippen LogP contribution in [0.25, 0.3) is 22.5 Å². The highest BCUT2D eigenvalue weighted by atomic mass is 79.9. The van der Waals surface area contributed by atoms with Crippen molar-refractivity contribution in [3.63, 3.8) is 0 Å². The van der Waals surface area contributed by atoms with E-state index in [2.05, 4.69) is 25.9 Å². The number of halogens is 1. The van der Waals surface area contributed by atoms with Gasteiger partial charge in [0.1, 0.15) is 24.1 Å². The third-order valence-corrected chi connectivity index (χ3v) is 4.27. The number of pyridine rings is 1. The standard InChI is InChI=1S/C19H13BrN2O2/c20-15-8-6-14-7-9-16(19-21-10-11-23-19)22-17(14)18(15)24-12-13-4-2-1-3-5-13/h1-11H,12H2. The van der Waals surface area contributed by atoms with E-state index < -0.39 is 0 Å². The van der Waals surface area contributed by atoms with Gasteiger partial charge in [-0.25, -0.2) is 9.97 Å². The first kappa shape index (κ1) is 14.9. The van der Waals surface area contributed by atoms with Crippen LogP contribution in [-0.2, 0) is 6.61 Å². The van der Waals surface area contributed by atoms with Gasteiger partial charge >= 0.3 is 0 Å². The molecule has 0 unspecified atom stereocenters. The highest BCUT2D eigenvalue weighted by Crippen LogP contribution is 2.34. The summed E-state index contributed by atoms with van der Waals surface area (Å²) in [4.78, 5) is 8.84. The maximum atomic E-state index is 6.05. The molecule has 4 rings (SSSR count). The van der Waals surface area contributed by atoms with Crippen molar-refractivity contribution in [3.05, 3.63) is 77.1 Å². The Labute approximate surface area is 147 Å². The van der Waals surface area contributed by atoms with Crippen LogP contribution in [0.3, 0.4) is 0 Å². The minimum atomic E-state index is 0.476. The first-order valence-corrected chi connectivity index (χ1v) is 8.26. The number of aromatic nitrogens is 2. The smallest absolute Gasteiger partial charge is 0.245 e. The molecule has 5 heteroatoms. The molecule has 0 aliphatic heterocycles. The first-order chi connectivity index (χ1) is 11.8. The third-order valence-electron chi connectivity index (χ3n) is 3.65. The molecule has 0 N–H and O–H groups in total. The second kappa shape index (κ2) is 6.45. The quantitative estimate of drug-likeness (QED) is 0.486. The Bertz CT molecular complexity index is 970. The molecule has 24 heavy (non-hydrogen) atoms. The van der Waals surface area contributed by atoms with Crippen LogP contribution in [0.5, 0.6) is 5.75 Å². The zero-order valence-electron chi connectivity index (χ0n) is 12.6. The Kier molecular flexibility index (Phi) is 4.01. The molecular weight excluding hydrogens is 368 g/mol. The number of ether oxygens (including phenoxy) is 1. The summed E-state index contributed by atoms with van der Waals surface area (Å²) in [6, 6.07) is 17.9. The number of rotatable bonds is 4. The summed E-state index contributed by atoms with van der Waals surface area (Å²) in [5, 5.41) is 0.997. The fourth-order valence-corrected chi connectivity index (χ4v) is 2.91. The van der Waals surface area contributed by atoms with Gasteiger partial charge in [0, 0.05) is 5.39 Å². The zero-order chi connectivity index (χ0) is 16.4. The van der Waals surface area contributed by atoms with Crippen molar-refractivity contribution in [2.45, 2.75) is 6.61 Å².